The normalized spacial score (nSPS) is 9.88. The van der Waals surface area contributed by atoms with Crippen LogP contribution < -0.4 is 5.32 Å². The molecule has 2 N–H and O–H groups in total. The quantitative estimate of drug-likeness (QED) is 0.832. The van der Waals surface area contributed by atoms with E-state index in [1.54, 1.807) is 6.07 Å². The van der Waals surface area contributed by atoms with Crippen molar-refractivity contribution >= 4 is 40.2 Å². The molecule has 0 bridgehead atoms. The van der Waals surface area contributed by atoms with Crippen LogP contribution in [0.3, 0.4) is 0 Å². The first kappa shape index (κ1) is 13.0. The fourth-order valence-corrected chi connectivity index (χ4v) is 1.63. The van der Waals surface area contributed by atoms with Crippen LogP contribution in [0.2, 0.25) is 0 Å². The maximum Gasteiger partial charge on any atom is 0.303 e. The van der Waals surface area contributed by atoms with Gasteiger partial charge in [0.05, 0.1) is 6.42 Å². The summed E-state index contributed by atoms with van der Waals surface area (Å²) in [7, 11) is 0. The van der Waals surface area contributed by atoms with Crippen molar-refractivity contribution in [3.05, 3.63) is 27.3 Å². The van der Waals surface area contributed by atoms with Crippen molar-refractivity contribution in [2.75, 3.05) is 5.32 Å². The number of carbonyl (C=O) groups excluding carboxylic acids is 1. The molecule has 0 fully saturated rings. The average Bonchev–Trinajstić information content (AvgIpc) is 2.21. The first-order valence-corrected chi connectivity index (χ1v) is 5.84. The minimum absolute atomic E-state index is 0.000210. The Hall–Kier alpha value is -1.11. The van der Waals surface area contributed by atoms with Crippen molar-refractivity contribution in [3.63, 3.8) is 0 Å². The van der Waals surface area contributed by atoms with Crippen LogP contribution in [-0.4, -0.2) is 17.0 Å². The van der Waals surface area contributed by atoms with Gasteiger partial charge in [-0.3, -0.25) is 9.59 Å². The average molecular weight is 333 g/mol. The highest BCUT2D eigenvalue weighted by Crippen LogP contribution is 2.17. The SMILES string of the molecule is Cc1ccc(NC(=O)CCC(=O)O)cc1I. The standard InChI is InChI=1S/C11H12INO3/c1-7-2-3-8(6-9(7)12)13-10(14)4-5-11(15)16/h2-3,6H,4-5H2,1H3,(H,13,14)(H,15,16). The lowest BCUT2D eigenvalue weighted by molar-refractivity contribution is -0.138. The fraction of sp³-hybridized carbons (Fsp3) is 0.273. The van der Waals surface area contributed by atoms with E-state index in [-0.39, 0.29) is 18.7 Å². The Morgan fingerprint density at radius 1 is 1.38 bits per heavy atom. The lowest BCUT2D eigenvalue weighted by atomic mass is 10.2. The molecule has 4 nitrogen and oxygen atoms in total. The zero-order valence-electron chi connectivity index (χ0n) is 8.79. The summed E-state index contributed by atoms with van der Waals surface area (Å²) in [5.74, 6) is -1.24. The van der Waals surface area contributed by atoms with Gasteiger partial charge in [-0.2, -0.15) is 0 Å². The van der Waals surface area contributed by atoms with E-state index in [0.717, 1.165) is 9.13 Å². The number of amides is 1. The molecule has 86 valence electrons. The highest BCUT2D eigenvalue weighted by atomic mass is 127. The van der Waals surface area contributed by atoms with Crippen LogP contribution in [-0.2, 0) is 9.59 Å². The van der Waals surface area contributed by atoms with Gasteiger partial charge in [0.15, 0.2) is 0 Å². The van der Waals surface area contributed by atoms with Crippen molar-refractivity contribution in [1.29, 1.82) is 0 Å². The van der Waals surface area contributed by atoms with Gasteiger partial charge in [-0.15, -0.1) is 0 Å². The Morgan fingerprint density at radius 2 is 2.06 bits per heavy atom. The largest absolute Gasteiger partial charge is 0.481 e. The van der Waals surface area contributed by atoms with Gasteiger partial charge in [0.2, 0.25) is 5.91 Å². The van der Waals surface area contributed by atoms with Crippen LogP contribution >= 0.6 is 22.6 Å². The van der Waals surface area contributed by atoms with Crippen molar-refractivity contribution in [1.82, 2.24) is 0 Å². The van der Waals surface area contributed by atoms with Crippen molar-refractivity contribution in [3.8, 4) is 0 Å². The summed E-state index contributed by atoms with van der Waals surface area (Å²) in [5, 5.41) is 11.1. The van der Waals surface area contributed by atoms with Gasteiger partial charge in [0.25, 0.3) is 0 Å². The summed E-state index contributed by atoms with van der Waals surface area (Å²) < 4.78 is 1.06. The van der Waals surface area contributed by atoms with E-state index in [1.165, 1.54) is 0 Å². The Labute approximate surface area is 107 Å². The summed E-state index contributed by atoms with van der Waals surface area (Å²) in [6.45, 7) is 1.98. The number of hydrogen-bond donors (Lipinski definition) is 2. The van der Waals surface area contributed by atoms with Gasteiger partial charge in [-0.05, 0) is 47.2 Å². The topological polar surface area (TPSA) is 66.4 Å². The molecule has 0 unspecified atom stereocenters. The first-order chi connectivity index (χ1) is 7.49. The molecule has 0 saturated heterocycles. The summed E-state index contributed by atoms with van der Waals surface area (Å²) >= 11 is 2.18. The summed E-state index contributed by atoms with van der Waals surface area (Å²) in [4.78, 5) is 21.6. The van der Waals surface area contributed by atoms with Gasteiger partial charge in [0.1, 0.15) is 0 Å². The van der Waals surface area contributed by atoms with Gasteiger partial charge in [-0.25, -0.2) is 0 Å². The number of nitrogens with one attached hydrogen (secondary N) is 1. The molecule has 5 heteroatoms. The molecule has 0 saturated carbocycles. The summed E-state index contributed by atoms with van der Waals surface area (Å²) in [5.41, 5.74) is 1.84. The number of rotatable bonds is 4. The van der Waals surface area contributed by atoms with Crippen LogP contribution in [0.5, 0.6) is 0 Å². The van der Waals surface area contributed by atoms with Crippen molar-refractivity contribution < 1.29 is 14.7 Å². The van der Waals surface area contributed by atoms with Crippen LogP contribution in [0.4, 0.5) is 5.69 Å². The molecule has 1 aromatic rings. The Bertz CT molecular complexity index is 418. The van der Waals surface area contributed by atoms with Crippen LogP contribution in [0.15, 0.2) is 18.2 Å². The predicted molar refractivity (Wildman–Crippen MR) is 69.4 cm³/mol. The Morgan fingerprint density at radius 3 is 2.62 bits per heavy atom. The number of hydrogen-bond acceptors (Lipinski definition) is 2. The molecule has 1 aromatic carbocycles. The molecule has 0 heterocycles. The molecule has 0 aliphatic rings. The number of carbonyl (C=O) groups is 2. The lowest BCUT2D eigenvalue weighted by Crippen LogP contribution is -2.13. The molecular weight excluding hydrogens is 321 g/mol. The van der Waals surface area contributed by atoms with Crippen LogP contribution in [0.1, 0.15) is 18.4 Å². The highest BCUT2D eigenvalue weighted by Gasteiger charge is 2.06. The number of carboxylic acid groups (broad SMARTS) is 1. The van der Waals surface area contributed by atoms with E-state index in [0.29, 0.717) is 5.69 Å². The second-order valence-corrected chi connectivity index (χ2v) is 4.57. The minimum Gasteiger partial charge on any atom is -0.481 e. The van der Waals surface area contributed by atoms with Crippen LogP contribution in [0, 0.1) is 10.5 Å². The maximum absolute atomic E-state index is 11.3. The number of anilines is 1. The zero-order valence-corrected chi connectivity index (χ0v) is 10.9. The van der Waals surface area contributed by atoms with E-state index < -0.39 is 5.97 Å². The maximum atomic E-state index is 11.3. The third kappa shape index (κ3) is 4.18. The summed E-state index contributed by atoms with van der Waals surface area (Å²) in [6.07, 6.45) is -0.144. The number of aliphatic carboxylic acids is 1. The van der Waals surface area contributed by atoms with Crippen molar-refractivity contribution in [2.45, 2.75) is 19.8 Å². The molecule has 0 spiro atoms. The predicted octanol–water partition coefficient (Wildman–Crippen LogP) is 2.40. The van der Waals surface area contributed by atoms with Crippen molar-refractivity contribution in [2.24, 2.45) is 0 Å². The Balaban J connectivity index is 2.56. The number of carboxylic acids is 1. The van der Waals surface area contributed by atoms with E-state index in [9.17, 15) is 9.59 Å². The zero-order chi connectivity index (χ0) is 12.1. The third-order valence-electron chi connectivity index (χ3n) is 2.02. The first-order valence-electron chi connectivity index (χ1n) is 4.77. The molecule has 0 aromatic heterocycles. The number of halogens is 1. The molecular formula is C11H12INO3. The van der Waals surface area contributed by atoms with E-state index in [2.05, 4.69) is 27.9 Å². The molecule has 1 amide bonds. The second-order valence-electron chi connectivity index (χ2n) is 3.41. The van der Waals surface area contributed by atoms with Gasteiger partial charge < -0.3 is 10.4 Å². The number of benzene rings is 1. The molecule has 1 rings (SSSR count). The molecule has 0 aliphatic heterocycles. The molecule has 0 radical (unpaired) electrons. The summed E-state index contributed by atoms with van der Waals surface area (Å²) in [6, 6.07) is 5.57. The molecule has 0 aliphatic carbocycles. The van der Waals surface area contributed by atoms with Crippen LogP contribution in [0.25, 0.3) is 0 Å². The highest BCUT2D eigenvalue weighted by molar-refractivity contribution is 14.1. The minimum atomic E-state index is -0.964. The lowest BCUT2D eigenvalue weighted by Gasteiger charge is -2.06. The molecule has 0 atom stereocenters. The monoisotopic (exact) mass is 333 g/mol. The van der Waals surface area contributed by atoms with E-state index >= 15 is 0 Å². The smallest absolute Gasteiger partial charge is 0.303 e. The van der Waals surface area contributed by atoms with E-state index in [1.807, 2.05) is 19.1 Å². The second kappa shape index (κ2) is 5.83. The molecule has 16 heavy (non-hydrogen) atoms. The van der Waals surface area contributed by atoms with E-state index in [4.69, 9.17) is 5.11 Å². The van der Waals surface area contributed by atoms with Gasteiger partial charge in [-0.1, -0.05) is 6.07 Å². The number of aryl methyl sites for hydroxylation is 1. The fourth-order valence-electron chi connectivity index (χ4n) is 1.11. The van der Waals surface area contributed by atoms with Gasteiger partial charge in [0, 0.05) is 15.7 Å². The van der Waals surface area contributed by atoms with Gasteiger partial charge >= 0.3 is 5.97 Å². The third-order valence-corrected chi connectivity index (χ3v) is 3.18. The Kier molecular flexibility index (Phi) is 4.72.